The summed E-state index contributed by atoms with van der Waals surface area (Å²) in [4.78, 5) is 38.3. The van der Waals surface area contributed by atoms with Crippen molar-refractivity contribution in [3.8, 4) is 11.8 Å². The molecule has 1 N–H and O–H groups in total. The minimum Gasteiger partial charge on any atom is -0.337 e. The number of nitrogens with zero attached hydrogens (tertiary/aromatic N) is 4. The Bertz CT molecular complexity index is 1390. The van der Waals surface area contributed by atoms with E-state index in [1.807, 2.05) is 36.4 Å². The van der Waals surface area contributed by atoms with Gasteiger partial charge in [0.25, 0.3) is 5.56 Å². The normalized spacial score (nSPS) is 14.1. The lowest BCUT2D eigenvalue weighted by Crippen LogP contribution is -2.31. The third-order valence-corrected chi connectivity index (χ3v) is 5.31. The molecule has 0 atom stereocenters. The second-order valence-electron chi connectivity index (χ2n) is 6.98. The maximum absolute atomic E-state index is 13.4. The summed E-state index contributed by atoms with van der Waals surface area (Å²) in [5.41, 5.74) is 0.925. The van der Waals surface area contributed by atoms with Crippen molar-refractivity contribution in [2.75, 3.05) is 0 Å². The maximum atomic E-state index is 13.4. The van der Waals surface area contributed by atoms with Crippen LogP contribution >= 0.6 is 0 Å². The third kappa shape index (κ3) is 2.35. The van der Waals surface area contributed by atoms with Crippen molar-refractivity contribution in [3.05, 3.63) is 74.6 Å². The summed E-state index contributed by atoms with van der Waals surface area (Å²) in [5.74, 6) is 0.842. The van der Waals surface area contributed by atoms with Gasteiger partial charge in [-0.1, -0.05) is 24.6 Å². The van der Waals surface area contributed by atoms with Crippen molar-refractivity contribution in [1.82, 2.24) is 19.5 Å². The second-order valence-corrected chi connectivity index (χ2v) is 6.98. The molecule has 4 aromatic rings. The summed E-state index contributed by atoms with van der Waals surface area (Å²) in [6, 6.07) is 12.8. The lowest BCUT2D eigenvalue weighted by atomic mass is 9.84. The van der Waals surface area contributed by atoms with Crippen LogP contribution in [-0.2, 0) is 0 Å². The monoisotopic (exact) mass is 369 g/mol. The summed E-state index contributed by atoms with van der Waals surface area (Å²) in [5, 5.41) is 9.07. The number of nitriles is 1. The lowest BCUT2D eigenvalue weighted by molar-refractivity contribution is 0.394. The van der Waals surface area contributed by atoms with Crippen LogP contribution in [0.5, 0.6) is 0 Å². The average Bonchev–Trinajstić information content (AvgIpc) is 2.67. The van der Waals surface area contributed by atoms with Crippen LogP contribution in [0.4, 0.5) is 0 Å². The first-order chi connectivity index (χ1) is 13.7. The summed E-state index contributed by atoms with van der Waals surface area (Å²) in [6.07, 6.45) is 4.35. The molecule has 1 saturated carbocycles. The van der Waals surface area contributed by atoms with Crippen molar-refractivity contribution >= 4 is 22.1 Å². The van der Waals surface area contributed by atoms with E-state index in [1.165, 1.54) is 6.20 Å². The molecule has 0 aliphatic heterocycles. The Balaban J connectivity index is 1.92. The molecular weight excluding hydrogens is 354 g/mol. The van der Waals surface area contributed by atoms with Crippen LogP contribution in [0.3, 0.4) is 0 Å². The van der Waals surface area contributed by atoms with Crippen LogP contribution in [0.15, 0.2) is 52.2 Å². The van der Waals surface area contributed by atoms with E-state index in [2.05, 4.69) is 9.97 Å². The van der Waals surface area contributed by atoms with Crippen molar-refractivity contribution in [3.63, 3.8) is 0 Å². The molecule has 7 nitrogen and oxygen atoms in total. The number of benzene rings is 1. The molecule has 0 saturated heterocycles. The fraction of sp³-hybridized carbons (Fsp3) is 0.190. The van der Waals surface area contributed by atoms with Crippen molar-refractivity contribution in [1.29, 1.82) is 5.26 Å². The van der Waals surface area contributed by atoms with E-state index in [0.29, 0.717) is 22.6 Å². The molecule has 5 rings (SSSR count). The van der Waals surface area contributed by atoms with Gasteiger partial charge in [0.2, 0.25) is 5.43 Å². The molecule has 28 heavy (non-hydrogen) atoms. The molecule has 0 unspecified atom stereocenters. The van der Waals surface area contributed by atoms with Gasteiger partial charge in [0.1, 0.15) is 28.4 Å². The molecule has 1 aliphatic rings. The number of pyridine rings is 2. The van der Waals surface area contributed by atoms with Gasteiger partial charge in [0, 0.05) is 12.1 Å². The van der Waals surface area contributed by atoms with Crippen LogP contribution in [0.1, 0.15) is 36.6 Å². The average molecular weight is 369 g/mol. The van der Waals surface area contributed by atoms with E-state index in [4.69, 9.17) is 10.2 Å². The molecule has 0 spiro atoms. The van der Waals surface area contributed by atoms with Gasteiger partial charge in [-0.15, -0.1) is 0 Å². The fourth-order valence-corrected chi connectivity index (χ4v) is 3.65. The Morgan fingerprint density at radius 2 is 1.96 bits per heavy atom. The largest absolute Gasteiger partial charge is 0.337 e. The predicted molar refractivity (Wildman–Crippen MR) is 105 cm³/mol. The Kier molecular flexibility index (Phi) is 3.59. The van der Waals surface area contributed by atoms with E-state index >= 15 is 0 Å². The minimum atomic E-state index is -0.476. The number of rotatable bonds is 2. The highest BCUT2D eigenvalue weighted by Crippen LogP contribution is 2.36. The topological polar surface area (TPSA) is 104 Å². The van der Waals surface area contributed by atoms with Gasteiger partial charge in [0.05, 0.1) is 16.8 Å². The van der Waals surface area contributed by atoms with Crippen molar-refractivity contribution < 1.29 is 0 Å². The second kappa shape index (κ2) is 6.13. The Hall–Kier alpha value is -3.79. The highest BCUT2D eigenvalue weighted by atomic mass is 16.1. The number of fused-ring (bicyclic) bond motifs is 2. The standard InChI is InChI=1S/C21H15N5O2/c22-10-12-9-15-17(23-11-12)18(27)16-19(24-15)25-20(13-5-4-6-13)26(21(16)28)14-7-2-1-3-8-14/h1-3,7-9,11,13H,4-6H2,(H,24,27). The van der Waals surface area contributed by atoms with Gasteiger partial charge in [-0.05, 0) is 31.0 Å². The van der Waals surface area contributed by atoms with E-state index in [1.54, 1.807) is 10.6 Å². The van der Waals surface area contributed by atoms with Crippen molar-refractivity contribution in [2.45, 2.75) is 25.2 Å². The quantitative estimate of drug-likeness (QED) is 0.547. The Labute approximate surface area is 158 Å². The number of nitrogens with one attached hydrogen (secondary N) is 1. The van der Waals surface area contributed by atoms with Gasteiger partial charge < -0.3 is 4.98 Å². The van der Waals surface area contributed by atoms with E-state index < -0.39 is 11.0 Å². The molecule has 0 bridgehead atoms. The summed E-state index contributed by atoms with van der Waals surface area (Å²) >= 11 is 0. The zero-order chi connectivity index (χ0) is 19.3. The SMILES string of the molecule is N#Cc1cnc2c(=O)c3c(=O)n(-c4ccccc4)c(C4CCC4)nc3[nH]c2c1. The van der Waals surface area contributed by atoms with Crippen LogP contribution < -0.4 is 11.0 Å². The third-order valence-electron chi connectivity index (χ3n) is 5.31. The van der Waals surface area contributed by atoms with Crippen LogP contribution in [-0.4, -0.2) is 19.5 Å². The minimum absolute atomic E-state index is 0.0170. The number of H-pyrrole nitrogens is 1. The highest BCUT2D eigenvalue weighted by molar-refractivity contribution is 5.88. The van der Waals surface area contributed by atoms with Crippen LogP contribution in [0.2, 0.25) is 0 Å². The zero-order valence-electron chi connectivity index (χ0n) is 14.8. The summed E-state index contributed by atoms with van der Waals surface area (Å²) < 4.78 is 1.55. The van der Waals surface area contributed by atoms with Gasteiger partial charge in [-0.3, -0.25) is 14.2 Å². The molecule has 3 heterocycles. The van der Waals surface area contributed by atoms with Crippen molar-refractivity contribution in [2.24, 2.45) is 0 Å². The first-order valence-corrected chi connectivity index (χ1v) is 9.11. The number of para-hydroxylation sites is 1. The van der Waals surface area contributed by atoms with Gasteiger partial charge in [0.15, 0.2) is 0 Å². The predicted octanol–water partition coefficient (Wildman–Crippen LogP) is 2.76. The smallest absolute Gasteiger partial charge is 0.271 e. The summed E-state index contributed by atoms with van der Waals surface area (Å²) in [6.45, 7) is 0. The highest BCUT2D eigenvalue weighted by Gasteiger charge is 2.27. The molecule has 3 aromatic heterocycles. The van der Waals surface area contributed by atoms with Crippen LogP contribution in [0, 0.1) is 11.3 Å². The van der Waals surface area contributed by atoms with Gasteiger partial charge in [-0.2, -0.15) is 5.26 Å². The molecule has 1 fully saturated rings. The number of hydrogen-bond donors (Lipinski definition) is 1. The number of aromatic amines is 1. The first-order valence-electron chi connectivity index (χ1n) is 9.11. The number of aromatic nitrogens is 4. The molecule has 1 aliphatic carbocycles. The van der Waals surface area contributed by atoms with Crippen LogP contribution in [0.25, 0.3) is 27.8 Å². The fourth-order valence-electron chi connectivity index (χ4n) is 3.65. The molecular formula is C21H15N5O2. The molecule has 0 radical (unpaired) electrons. The van der Waals surface area contributed by atoms with E-state index in [9.17, 15) is 9.59 Å². The lowest BCUT2D eigenvalue weighted by Gasteiger charge is -2.27. The van der Waals surface area contributed by atoms with Gasteiger partial charge in [-0.25, -0.2) is 9.97 Å². The Morgan fingerprint density at radius 1 is 1.18 bits per heavy atom. The molecule has 7 heteroatoms. The maximum Gasteiger partial charge on any atom is 0.271 e. The number of hydrogen-bond acceptors (Lipinski definition) is 5. The molecule has 1 aromatic carbocycles. The molecule has 0 amide bonds. The van der Waals surface area contributed by atoms with E-state index in [0.717, 1.165) is 19.3 Å². The summed E-state index contributed by atoms with van der Waals surface area (Å²) in [7, 11) is 0. The Morgan fingerprint density at radius 3 is 2.64 bits per heavy atom. The molecule has 136 valence electrons. The van der Waals surface area contributed by atoms with E-state index in [-0.39, 0.29) is 22.5 Å². The first kappa shape index (κ1) is 16.4. The van der Waals surface area contributed by atoms with Gasteiger partial charge >= 0.3 is 0 Å². The zero-order valence-corrected chi connectivity index (χ0v) is 14.8.